The number of rotatable bonds is 6. The normalized spacial score (nSPS) is 12.9. The van der Waals surface area contributed by atoms with Crippen LogP contribution < -0.4 is 10.5 Å². The number of nitrogens with one attached hydrogen (secondary N) is 1. The smallest absolute Gasteiger partial charge is 0.326 e. The molecule has 0 saturated carbocycles. The van der Waals surface area contributed by atoms with Crippen LogP contribution in [0.2, 0.25) is 0 Å². The van der Waals surface area contributed by atoms with Crippen LogP contribution in [0.4, 0.5) is 0 Å². The number of carboxylic acid groups (broad SMARTS) is 1. The maximum Gasteiger partial charge on any atom is 0.326 e. The van der Waals surface area contributed by atoms with Crippen molar-refractivity contribution in [1.82, 2.24) is 5.32 Å². The molecule has 0 aliphatic heterocycles. The van der Waals surface area contributed by atoms with E-state index >= 15 is 0 Å². The van der Waals surface area contributed by atoms with Gasteiger partial charge in [0.1, 0.15) is 16.7 Å². The van der Waals surface area contributed by atoms with Gasteiger partial charge in [0.05, 0.1) is 0 Å². The zero-order chi connectivity index (χ0) is 15.5. The predicted octanol–water partition coefficient (Wildman–Crippen LogP) is 0.219. The lowest BCUT2D eigenvalue weighted by Gasteiger charge is -2.11. The molecule has 0 spiro atoms. The third-order valence-electron chi connectivity index (χ3n) is 2.58. The molecule has 0 bridgehead atoms. The highest BCUT2D eigenvalue weighted by Crippen LogP contribution is 2.18. The van der Waals surface area contributed by atoms with Crippen LogP contribution in [0.1, 0.15) is 36.1 Å². The van der Waals surface area contributed by atoms with E-state index in [1.165, 1.54) is 6.92 Å². The van der Waals surface area contributed by atoms with Gasteiger partial charge in [0, 0.05) is 6.07 Å². The van der Waals surface area contributed by atoms with Crippen molar-refractivity contribution in [2.24, 2.45) is 5.14 Å². The van der Waals surface area contributed by atoms with Gasteiger partial charge in [0.2, 0.25) is 10.0 Å². The second-order valence-electron chi connectivity index (χ2n) is 4.23. The molecule has 0 aliphatic carbocycles. The molecule has 4 N–H and O–H groups in total. The molecule has 0 radical (unpaired) electrons. The van der Waals surface area contributed by atoms with Crippen molar-refractivity contribution in [2.45, 2.75) is 37.6 Å². The van der Waals surface area contributed by atoms with Gasteiger partial charge in [-0.05, 0) is 13.3 Å². The lowest BCUT2D eigenvalue weighted by atomic mass is 10.1. The number of aryl methyl sites for hydroxylation is 1. The number of nitrogens with two attached hydrogens (primary N) is 1. The second-order valence-corrected chi connectivity index (χ2v) is 5.76. The fourth-order valence-corrected chi connectivity index (χ4v) is 2.35. The van der Waals surface area contributed by atoms with Gasteiger partial charge in [-0.3, -0.25) is 4.79 Å². The molecule has 0 aromatic carbocycles. The molecule has 1 aromatic rings. The summed E-state index contributed by atoms with van der Waals surface area (Å²) in [7, 11) is -3.99. The highest BCUT2D eigenvalue weighted by atomic mass is 32.2. The van der Waals surface area contributed by atoms with Crippen LogP contribution in [0.3, 0.4) is 0 Å². The van der Waals surface area contributed by atoms with Gasteiger partial charge in [-0.1, -0.05) is 13.3 Å². The zero-order valence-electron chi connectivity index (χ0n) is 11.0. The first-order valence-electron chi connectivity index (χ1n) is 5.83. The maximum atomic E-state index is 11.8. The average Bonchev–Trinajstić information content (AvgIpc) is 2.70. The SMILES string of the molecule is CCCC(NC(=O)c1cc(S(N)(=O)=O)c(C)o1)C(=O)O. The number of carboxylic acids is 1. The van der Waals surface area contributed by atoms with Crippen molar-refractivity contribution >= 4 is 21.9 Å². The lowest BCUT2D eigenvalue weighted by Crippen LogP contribution is -2.40. The van der Waals surface area contributed by atoms with Crippen molar-refractivity contribution in [3.63, 3.8) is 0 Å². The van der Waals surface area contributed by atoms with Crippen LogP contribution in [0.25, 0.3) is 0 Å². The van der Waals surface area contributed by atoms with Crippen molar-refractivity contribution in [1.29, 1.82) is 0 Å². The Morgan fingerprint density at radius 2 is 2.10 bits per heavy atom. The molecule has 20 heavy (non-hydrogen) atoms. The van der Waals surface area contributed by atoms with Gasteiger partial charge >= 0.3 is 5.97 Å². The maximum absolute atomic E-state index is 11.8. The number of aliphatic carboxylic acids is 1. The highest BCUT2D eigenvalue weighted by molar-refractivity contribution is 7.89. The molecule has 1 atom stereocenters. The monoisotopic (exact) mass is 304 g/mol. The first-order valence-corrected chi connectivity index (χ1v) is 7.38. The summed E-state index contributed by atoms with van der Waals surface area (Å²) >= 11 is 0. The minimum Gasteiger partial charge on any atom is -0.480 e. The molecule has 1 rings (SSSR count). The highest BCUT2D eigenvalue weighted by Gasteiger charge is 2.24. The van der Waals surface area contributed by atoms with Crippen LogP contribution in [-0.2, 0) is 14.8 Å². The number of hydrogen-bond acceptors (Lipinski definition) is 5. The minimum absolute atomic E-state index is 0.0278. The van der Waals surface area contributed by atoms with Crippen LogP contribution in [0.15, 0.2) is 15.4 Å². The van der Waals surface area contributed by atoms with E-state index in [0.29, 0.717) is 6.42 Å². The molecule has 8 nitrogen and oxygen atoms in total. The summed E-state index contributed by atoms with van der Waals surface area (Å²) in [5.74, 6) is -2.30. The fraction of sp³-hybridized carbons (Fsp3) is 0.455. The lowest BCUT2D eigenvalue weighted by molar-refractivity contribution is -0.139. The Balaban J connectivity index is 2.96. The minimum atomic E-state index is -3.99. The fourth-order valence-electron chi connectivity index (χ4n) is 1.64. The van der Waals surface area contributed by atoms with Gasteiger partial charge < -0.3 is 14.8 Å². The molecular formula is C11H16N2O6S. The Morgan fingerprint density at radius 1 is 1.50 bits per heavy atom. The van der Waals surface area contributed by atoms with E-state index in [1.807, 2.05) is 0 Å². The average molecular weight is 304 g/mol. The Bertz CT molecular complexity index is 619. The molecule has 0 fully saturated rings. The van der Waals surface area contributed by atoms with Gasteiger partial charge in [-0.25, -0.2) is 18.4 Å². The number of furan rings is 1. The molecule has 0 aliphatic rings. The van der Waals surface area contributed by atoms with Crippen molar-refractivity contribution in [3.05, 3.63) is 17.6 Å². The molecule has 1 unspecified atom stereocenters. The Morgan fingerprint density at radius 3 is 2.50 bits per heavy atom. The van der Waals surface area contributed by atoms with Gasteiger partial charge in [-0.15, -0.1) is 0 Å². The van der Waals surface area contributed by atoms with Crippen molar-refractivity contribution in [2.75, 3.05) is 0 Å². The van der Waals surface area contributed by atoms with Crippen LogP contribution >= 0.6 is 0 Å². The van der Waals surface area contributed by atoms with Crippen LogP contribution in [-0.4, -0.2) is 31.4 Å². The third kappa shape index (κ3) is 3.81. The largest absolute Gasteiger partial charge is 0.480 e. The third-order valence-corrected chi connectivity index (χ3v) is 3.60. The molecule has 1 aromatic heterocycles. The van der Waals surface area contributed by atoms with Gasteiger partial charge in [0.15, 0.2) is 5.76 Å². The summed E-state index contributed by atoms with van der Waals surface area (Å²) in [6.45, 7) is 3.12. The Labute approximate surface area is 116 Å². The molecule has 112 valence electrons. The standard InChI is InChI=1S/C11H16N2O6S/c1-3-4-7(11(15)16)13-10(14)8-5-9(6(2)19-8)20(12,17)18/h5,7H,3-4H2,1-2H3,(H,13,14)(H,15,16)(H2,12,17,18). The summed E-state index contributed by atoms with van der Waals surface area (Å²) in [6, 6.07) is -0.0824. The second kappa shape index (κ2) is 6.06. The molecular weight excluding hydrogens is 288 g/mol. The number of primary sulfonamides is 1. The van der Waals surface area contributed by atoms with E-state index in [1.54, 1.807) is 6.92 Å². The number of hydrogen-bond donors (Lipinski definition) is 3. The quantitative estimate of drug-likeness (QED) is 0.686. The molecule has 0 saturated heterocycles. The molecule has 9 heteroatoms. The van der Waals surface area contributed by atoms with E-state index < -0.39 is 27.9 Å². The van der Waals surface area contributed by atoms with Gasteiger partial charge in [-0.2, -0.15) is 0 Å². The van der Waals surface area contributed by atoms with E-state index in [-0.39, 0.29) is 22.8 Å². The van der Waals surface area contributed by atoms with E-state index in [4.69, 9.17) is 14.7 Å². The molecule has 1 heterocycles. The van der Waals surface area contributed by atoms with E-state index in [9.17, 15) is 18.0 Å². The predicted molar refractivity (Wildman–Crippen MR) is 68.6 cm³/mol. The number of carbonyl (C=O) groups excluding carboxylic acids is 1. The number of carbonyl (C=O) groups is 2. The summed E-state index contributed by atoms with van der Waals surface area (Å²) in [5, 5.41) is 16.1. The summed E-state index contributed by atoms with van der Waals surface area (Å²) in [5.41, 5.74) is 0. The van der Waals surface area contributed by atoms with Crippen molar-refractivity contribution < 1.29 is 27.5 Å². The summed E-state index contributed by atoms with van der Waals surface area (Å²) in [4.78, 5) is 22.4. The van der Waals surface area contributed by atoms with Gasteiger partial charge in [0.25, 0.3) is 5.91 Å². The molecule has 1 amide bonds. The summed E-state index contributed by atoms with van der Waals surface area (Å²) in [6.07, 6.45) is 0.819. The van der Waals surface area contributed by atoms with Crippen LogP contribution in [0.5, 0.6) is 0 Å². The van der Waals surface area contributed by atoms with E-state index in [2.05, 4.69) is 5.32 Å². The van der Waals surface area contributed by atoms with E-state index in [0.717, 1.165) is 6.07 Å². The van der Waals surface area contributed by atoms with Crippen LogP contribution in [0, 0.1) is 6.92 Å². The topological polar surface area (TPSA) is 140 Å². The first-order chi connectivity index (χ1) is 9.16. The van der Waals surface area contributed by atoms with Crippen molar-refractivity contribution in [3.8, 4) is 0 Å². The summed E-state index contributed by atoms with van der Waals surface area (Å²) < 4.78 is 27.4. The Hall–Kier alpha value is -1.87. The first kappa shape index (κ1) is 16.2. The number of amides is 1. The Kier molecular flexibility index (Phi) is 4.90. The number of sulfonamides is 1. The zero-order valence-corrected chi connectivity index (χ0v) is 11.9.